The molecule has 0 spiro atoms. The Bertz CT molecular complexity index is 1390. The molecule has 2 aromatic heterocycles. The molecule has 0 bridgehead atoms. The number of halogens is 2. The normalized spacial score (nSPS) is 14.4. The highest BCUT2D eigenvalue weighted by Gasteiger charge is 2.30. The second-order valence-corrected chi connectivity index (χ2v) is 10.2. The monoisotopic (exact) mass is 509 g/mol. The number of amides is 2. The van der Waals surface area contributed by atoms with Gasteiger partial charge < -0.3 is 14.8 Å². The Morgan fingerprint density at radius 2 is 1.86 bits per heavy atom. The number of rotatable bonds is 5. The Hall–Kier alpha value is -3.16. The van der Waals surface area contributed by atoms with E-state index >= 15 is 0 Å². The van der Waals surface area contributed by atoms with Gasteiger partial charge in [0.1, 0.15) is 11.5 Å². The second kappa shape index (κ2) is 9.84. The highest BCUT2D eigenvalue weighted by molar-refractivity contribution is 7.17. The summed E-state index contributed by atoms with van der Waals surface area (Å²) in [4.78, 5) is 28.2. The number of carbonyl (C=O) groups excluding carboxylic acids is 2. The molecule has 0 aliphatic carbocycles. The molecule has 0 radical (unpaired) electrons. The van der Waals surface area contributed by atoms with Gasteiger partial charge in [0.15, 0.2) is 0 Å². The van der Waals surface area contributed by atoms with Crippen molar-refractivity contribution in [1.29, 1.82) is 0 Å². The summed E-state index contributed by atoms with van der Waals surface area (Å²) in [5.74, 6) is -0.523. The summed E-state index contributed by atoms with van der Waals surface area (Å²) in [6.45, 7) is 3.40. The van der Waals surface area contributed by atoms with Crippen molar-refractivity contribution in [2.24, 2.45) is 5.92 Å². The predicted molar refractivity (Wildman–Crippen MR) is 139 cm³/mol. The van der Waals surface area contributed by atoms with Gasteiger partial charge in [0, 0.05) is 36.3 Å². The molecule has 8 heteroatoms. The van der Waals surface area contributed by atoms with E-state index in [4.69, 9.17) is 11.6 Å². The molecule has 0 unspecified atom stereocenters. The smallest absolute Gasteiger partial charge is 0.270 e. The SMILES string of the molecule is Cc1c(Cl)cccc1NC(=O)C1CCN(C(=O)c2cc3sccc3n2Cc2ccc(F)cc2)CC1. The first-order valence-corrected chi connectivity index (χ1v) is 12.8. The number of thiophene rings is 1. The van der Waals surface area contributed by atoms with E-state index in [9.17, 15) is 14.0 Å². The summed E-state index contributed by atoms with van der Waals surface area (Å²) in [7, 11) is 0. The Morgan fingerprint density at radius 3 is 2.60 bits per heavy atom. The molecule has 2 amide bonds. The first kappa shape index (κ1) is 23.6. The Kier molecular flexibility index (Phi) is 6.62. The summed E-state index contributed by atoms with van der Waals surface area (Å²) in [6, 6.07) is 15.8. The van der Waals surface area contributed by atoms with Crippen molar-refractivity contribution in [2.45, 2.75) is 26.3 Å². The zero-order chi connectivity index (χ0) is 24.5. The van der Waals surface area contributed by atoms with E-state index in [1.807, 2.05) is 46.0 Å². The third-order valence-corrected chi connectivity index (χ3v) is 7.94. The number of fused-ring (bicyclic) bond motifs is 1. The number of anilines is 1. The largest absolute Gasteiger partial charge is 0.337 e. The van der Waals surface area contributed by atoms with Gasteiger partial charge in [-0.3, -0.25) is 9.59 Å². The van der Waals surface area contributed by atoms with Crippen molar-refractivity contribution >= 4 is 50.7 Å². The molecule has 5 nitrogen and oxygen atoms in total. The highest BCUT2D eigenvalue weighted by Crippen LogP contribution is 2.29. The van der Waals surface area contributed by atoms with Crippen LogP contribution >= 0.6 is 22.9 Å². The van der Waals surface area contributed by atoms with Crippen molar-refractivity contribution < 1.29 is 14.0 Å². The molecule has 35 heavy (non-hydrogen) atoms. The summed E-state index contributed by atoms with van der Waals surface area (Å²) in [5.41, 5.74) is 4.11. The molecular weight excluding hydrogens is 485 g/mol. The standard InChI is InChI=1S/C27H25ClFN3O2S/c1-17-21(28)3-2-4-22(17)30-26(33)19-9-12-31(13-10-19)27(34)24-15-25-23(11-14-35-25)32(24)16-18-5-7-20(29)8-6-18/h2-8,11,14-15,19H,9-10,12-13,16H2,1H3,(H,30,33). The Balaban J connectivity index is 1.28. The minimum Gasteiger partial charge on any atom is -0.337 e. The van der Waals surface area contributed by atoms with Crippen LogP contribution in [0.15, 0.2) is 60.0 Å². The zero-order valence-corrected chi connectivity index (χ0v) is 20.8. The lowest BCUT2D eigenvalue weighted by Gasteiger charge is -2.31. The summed E-state index contributed by atoms with van der Waals surface area (Å²) in [5, 5.41) is 5.62. The summed E-state index contributed by atoms with van der Waals surface area (Å²) in [6.07, 6.45) is 1.20. The molecule has 1 N–H and O–H groups in total. The maximum Gasteiger partial charge on any atom is 0.270 e. The van der Waals surface area contributed by atoms with Crippen LogP contribution in [0, 0.1) is 18.7 Å². The molecule has 1 saturated heterocycles. The Morgan fingerprint density at radius 1 is 1.11 bits per heavy atom. The first-order valence-electron chi connectivity index (χ1n) is 11.6. The van der Waals surface area contributed by atoms with Gasteiger partial charge in [-0.25, -0.2) is 4.39 Å². The number of aromatic nitrogens is 1. The fourth-order valence-electron chi connectivity index (χ4n) is 4.58. The van der Waals surface area contributed by atoms with E-state index in [1.165, 1.54) is 12.1 Å². The topological polar surface area (TPSA) is 54.3 Å². The van der Waals surface area contributed by atoms with Crippen LogP contribution in [0.4, 0.5) is 10.1 Å². The predicted octanol–water partition coefficient (Wildman–Crippen LogP) is 6.34. The molecule has 180 valence electrons. The average molecular weight is 510 g/mol. The molecule has 1 aliphatic rings. The van der Waals surface area contributed by atoms with Crippen LogP contribution < -0.4 is 5.32 Å². The van der Waals surface area contributed by atoms with E-state index in [-0.39, 0.29) is 23.5 Å². The highest BCUT2D eigenvalue weighted by atomic mass is 35.5. The lowest BCUT2D eigenvalue weighted by atomic mass is 9.95. The molecule has 2 aromatic carbocycles. The fraction of sp³-hybridized carbons (Fsp3) is 0.259. The molecular formula is C27H25ClFN3O2S. The molecule has 4 aromatic rings. The number of benzene rings is 2. The van der Waals surface area contributed by atoms with Crippen molar-refractivity contribution in [2.75, 3.05) is 18.4 Å². The van der Waals surface area contributed by atoms with Crippen LogP contribution in [0.3, 0.4) is 0 Å². The number of hydrogen-bond donors (Lipinski definition) is 1. The molecule has 3 heterocycles. The number of piperidine rings is 1. The minimum atomic E-state index is -0.282. The van der Waals surface area contributed by atoms with E-state index in [2.05, 4.69) is 5.32 Å². The molecule has 5 rings (SSSR count). The maximum atomic E-state index is 13.5. The van der Waals surface area contributed by atoms with Crippen molar-refractivity contribution in [3.05, 3.63) is 87.6 Å². The van der Waals surface area contributed by atoms with E-state index in [0.29, 0.717) is 43.2 Å². The van der Waals surface area contributed by atoms with Gasteiger partial charge in [-0.1, -0.05) is 29.8 Å². The van der Waals surface area contributed by atoms with E-state index < -0.39 is 0 Å². The second-order valence-electron chi connectivity index (χ2n) is 8.88. The van der Waals surface area contributed by atoms with Crippen LogP contribution in [0.2, 0.25) is 5.02 Å². The zero-order valence-electron chi connectivity index (χ0n) is 19.3. The van der Waals surface area contributed by atoms with Gasteiger partial charge in [-0.05, 0) is 72.7 Å². The molecule has 1 aliphatic heterocycles. The van der Waals surface area contributed by atoms with Crippen LogP contribution in [-0.4, -0.2) is 34.4 Å². The van der Waals surface area contributed by atoms with Gasteiger partial charge in [0.05, 0.1) is 10.2 Å². The third kappa shape index (κ3) is 4.83. The number of likely N-dealkylation sites (tertiary alicyclic amines) is 1. The quantitative estimate of drug-likeness (QED) is 0.341. The van der Waals surface area contributed by atoms with Crippen LogP contribution in [0.5, 0.6) is 0 Å². The minimum absolute atomic E-state index is 0.0392. The van der Waals surface area contributed by atoms with Gasteiger partial charge in [-0.2, -0.15) is 0 Å². The first-order chi connectivity index (χ1) is 16.9. The van der Waals surface area contributed by atoms with Crippen molar-refractivity contribution in [3.63, 3.8) is 0 Å². The number of nitrogens with one attached hydrogen (secondary N) is 1. The van der Waals surface area contributed by atoms with Crippen LogP contribution in [0.1, 0.15) is 34.5 Å². The van der Waals surface area contributed by atoms with Crippen molar-refractivity contribution in [3.8, 4) is 0 Å². The molecule has 0 atom stereocenters. The van der Waals surface area contributed by atoms with Gasteiger partial charge in [0.2, 0.25) is 5.91 Å². The molecule has 1 fully saturated rings. The van der Waals surface area contributed by atoms with Crippen LogP contribution in [0.25, 0.3) is 10.2 Å². The maximum absolute atomic E-state index is 13.5. The lowest BCUT2D eigenvalue weighted by Crippen LogP contribution is -2.42. The number of hydrogen-bond acceptors (Lipinski definition) is 3. The fourth-order valence-corrected chi connectivity index (χ4v) is 5.58. The number of nitrogens with zero attached hydrogens (tertiary/aromatic N) is 2. The summed E-state index contributed by atoms with van der Waals surface area (Å²) >= 11 is 7.77. The van der Waals surface area contributed by atoms with Crippen LogP contribution in [-0.2, 0) is 11.3 Å². The van der Waals surface area contributed by atoms with Gasteiger partial charge in [0.25, 0.3) is 5.91 Å². The molecule has 0 saturated carbocycles. The van der Waals surface area contributed by atoms with E-state index in [1.54, 1.807) is 29.5 Å². The average Bonchev–Trinajstić information content (AvgIpc) is 3.45. The van der Waals surface area contributed by atoms with Gasteiger partial charge in [-0.15, -0.1) is 11.3 Å². The third-order valence-electron chi connectivity index (χ3n) is 6.67. The van der Waals surface area contributed by atoms with Gasteiger partial charge >= 0.3 is 0 Å². The van der Waals surface area contributed by atoms with Crippen molar-refractivity contribution in [1.82, 2.24) is 9.47 Å². The number of carbonyl (C=O) groups is 2. The lowest BCUT2D eigenvalue weighted by molar-refractivity contribution is -0.121. The Labute approximate surface area is 212 Å². The van der Waals surface area contributed by atoms with E-state index in [0.717, 1.165) is 27.0 Å². The summed E-state index contributed by atoms with van der Waals surface area (Å²) < 4.78 is 16.4.